The largest absolute Gasteiger partial charge is 0.493 e. The lowest BCUT2D eigenvalue weighted by molar-refractivity contribution is -0.125. The maximum Gasteiger partial charge on any atom is 0.258 e. The predicted octanol–water partition coefficient (Wildman–Crippen LogP) is 2.26. The van der Waals surface area contributed by atoms with Crippen LogP contribution >= 0.6 is 0 Å². The van der Waals surface area contributed by atoms with Crippen molar-refractivity contribution < 1.29 is 19.1 Å². The zero-order valence-corrected chi connectivity index (χ0v) is 15.2. The molecule has 0 aliphatic carbocycles. The van der Waals surface area contributed by atoms with Crippen LogP contribution in [0.3, 0.4) is 0 Å². The second-order valence-electron chi connectivity index (χ2n) is 5.60. The maximum absolute atomic E-state index is 12.0. The number of carbonyl (C=O) groups is 2. The van der Waals surface area contributed by atoms with Gasteiger partial charge in [-0.1, -0.05) is 25.1 Å². The minimum absolute atomic E-state index is 0.162. The lowest BCUT2D eigenvalue weighted by atomic mass is 10.1. The quantitative estimate of drug-likeness (QED) is 0.745. The summed E-state index contributed by atoms with van der Waals surface area (Å²) in [6.07, 6.45) is 0.795. The molecule has 2 amide bonds. The van der Waals surface area contributed by atoms with E-state index in [1.165, 1.54) is 13.2 Å². The first kappa shape index (κ1) is 19.8. The molecule has 140 valence electrons. The molecule has 0 radical (unpaired) electrons. The normalized spacial score (nSPS) is 9.81. The molecule has 2 rings (SSSR count). The van der Waals surface area contributed by atoms with Crippen LogP contribution in [-0.4, -0.2) is 32.1 Å². The first-order valence-electron chi connectivity index (χ1n) is 8.42. The summed E-state index contributed by atoms with van der Waals surface area (Å²) in [7, 11) is 1.45. The third-order valence-electron chi connectivity index (χ3n) is 3.77. The van der Waals surface area contributed by atoms with Crippen LogP contribution in [0.1, 0.15) is 18.1 Å². The van der Waals surface area contributed by atoms with E-state index in [4.69, 9.17) is 14.7 Å². The van der Waals surface area contributed by atoms with Gasteiger partial charge in [-0.25, -0.2) is 0 Å². The first-order chi connectivity index (χ1) is 13.1. The summed E-state index contributed by atoms with van der Waals surface area (Å²) in [6, 6.07) is 14.1. The Bertz CT molecular complexity index is 859. The van der Waals surface area contributed by atoms with Crippen molar-refractivity contribution in [3.05, 3.63) is 53.6 Å². The lowest BCUT2D eigenvalue weighted by Crippen LogP contribution is -2.35. The van der Waals surface area contributed by atoms with Gasteiger partial charge in [0.05, 0.1) is 25.3 Å². The molecule has 0 saturated carbocycles. The molecule has 2 aromatic rings. The second-order valence-corrected chi connectivity index (χ2v) is 5.60. The summed E-state index contributed by atoms with van der Waals surface area (Å²) in [5.74, 6) is -0.0655. The van der Waals surface area contributed by atoms with Gasteiger partial charge in [-0.05, 0) is 30.2 Å². The van der Waals surface area contributed by atoms with Gasteiger partial charge in [0.15, 0.2) is 18.1 Å². The van der Waals surface area contributed by atoms with E-state index in [-0.39, 0.29) is 19.1 Å². The number of nitrogens with zero attached hydrogens (tertiary/aromatic N) is 1. The van der Waals surface area contributed by atoms with Crippen LogP contribution in [0.15, 0.2) is 42.5 Å². The highest BCUT2D eigenvalue weighted by atomic mass is 16.5. The maximum atomic E-state index is 12.0. The summed E-state index contributed by atoms with van der Waals surface area (Å²) in [4.78, 5) is 23.9. The number of methoxy groups -OCH3 is 1. The van der Waals surface area contributed by atoms with Crippen LogP contribution in [0.4, 0.5) is 5.69 Å². The van der Waals surface area contributed by atoms with Crippen LogP contribution in [0, 0.1) is 11.3 Å². The molecule has 0 atom stereocenters. The number of rotatable bonds is 8. The summed E-state index contributed by atoms with van der Waals surface area (Å²) in [6.45, 7) is 1.56. The van der Waals surface area contributed by atoms with Gasteiger partial charge >= 0.3 is 0 Å². The molecule has 2 aromatic carbocycles. The topological polar surface area (TPSA) is 100 Å². The lowest BCUT2D eigenvalue weighted by Gasteiger charge is -2.12. The highest BCUT2D eigenvalue weighted by Gasteiger charge is 2.11. The zero-order valence-electron chi connectivity index (χ0n) is 15.2. The monoisotopic (exact) mass is 367 g/mol. The Hall–Kier alpha value is -3.53. The first-order valence-corrected chi connectivity index (χ1v) is 8.42. The van der Waals surface area contributed by atoms with Crippen LogP contribution < -0.4 is 20.1 Å². The number of anilines is 1. The van der Waals surface area contributed by atoms with E-state index >= 15 is 0 Å². The summed E-state index contributed by atoms with van der Waals surface area (Å²) in [5, 5.41) is 14.2. The summed E-state index contributed by atoms with van der Waals surface area (Å²) < 4.78 is 10.5. The fourth-order valence-electron chi connectivity index (χ4n) is 2.37. The number of aryl methyl sites for hydroxylation is 1. The molecule has 0 bridgehead atoms. The van der Waals surface area contributed by atoms with E-state index in [1.54, 1.807) is 12.1 Å². The molecule has 0 fully saturated rings. The Morgan fingerprint density at radius 1 is 1.11 bits per heavy atom. The highest BCUT2D eigenvalue weighted by Crippen LogP contribution is 2.27. The molecular formula is C20H21N3O4. The number of para-hydroxylation sites is 1. The second kappa shape index (κ2) is 9.82. The van der Waals surface area contributed by atoms with Gasteiger partial charge in [-0.2, -0.15) is 5.26 Å². The van der Waals surface area contributed by atoms with Crippen LogP contribution in [0.2, 0.25) is 0 Å². The molecule has 0 aliphatic rings. The van der Waals surface area contributed by atoms with Crippen LogP contribution in [0.25, 0.3) is 0 Å². The smallest absolute Gasteiger partial charge is 0.258 e. The molecule has 7 nitrogen and oxygen atoms in total. The number of benzene rings is 2. The number of hydrogen-bond acceptors (Lipinski definition) is 5. The van der Waals surface area contributed by atoms with E-state index in [2.05, 4.69) is 10.6 Å². The van der Waals surface area contributed by atoms with E-state index in [0.717, 1.165) is 17.7 Å². The van der Waals surface area contributed by atoms with Crippen LogP contribution in [0.5, 0.6) is 11.5 Å². The van der Waals surface area contributed by atoms with E-state index < -0.39 is 5.91 Å². The third-order valence-corrected chi connectivity index (χ3v) is 3.77. The Morgan fingerprint density at radius 3 is 2.59 bits per heavy atom. The van der Waals surface area contributed by atoms with Crippen molar-refractivity contribution >= 4 is 17.5 Å². The van der Waals surface area contributed by atoms with E-state index in [1.807, 2.05) is 37.3 Å². The Labute approximate surface area is 157 Å². The molecule has 7 heteroatoms. The van der Waals surface area contributed by atoms with Gasteiger partial charge in [0.2, 0.25) is 5.91 Å². The average molecular weight is 367 g/mol. The summed E-state index contributed by atoms with van der Waals surface area (Å²) >= 11 is 0. The Balaban J connectivity index is 1.83. The van der Waals surface area contributed by atoms with Crippen molar-refractivity contribution in [3.8, 4) is 17.6 Å². The van der Waals surface area contributed by atoms with Gasteiger partial charge < -0.3 is 20.1 Å². The zero-order chi connectivity index (χ0) is 19.6. The molecule has 0 spiro atoms. The predicted molar refractivity (Wildman–Crippen MR) is 101 cm³/mol. The SMILES string of the molecule is CCc1ccccc1NC(=O)CNC(=O)COc1ccc(C#N)cc1OC. The molecule has 0 aromatic heterocycles. The van der Waals surface area contributed by atoms with E-state index in [0.29, 0.717) is 17.1 Å². The van der Waals surface area contributed by atoms with Crippen molar-refractivity contribution in [3.63, 3.8) is 0 Å². The fourth-order valence-corrected chi connectivity index (χ4v) is 2.37. The number of ether oxygens (including phenoxy) is 2. The number of hydrogen-bond donors (Lipinski definition) is 2. The summed E-state index contributed by atoms with van der Waals surface area (Å²) in [5.41, 5.74) is 2.18. The van der Waals surface area contributed by atoms with Gasteiger partial charge in [0.1, 0.15) is 0 Å². The highest BCUT2D eigenvalue weighted by molar-refractivity contribution is 5.95. The van der Waals surface area contributed by atoms with Gasteiger partial charge in [-0.15, -0.1) is 0 Å². The Morgan fingerprint density at radius 2 is 1.89 bits per heavy atom. The number of carbonyl (C=O) groups excluding carboxylic acids is 2. The molecule has 0 heterocycles. The van der Waals surface area contributed by atoms with Gasteiger partial charge in [0, 0.05) is 11.8 Å². The molecular weight excluding hydrogens is 346 g/mol. The van der Waals surface area contributed by atoms with Crippen molar-refractivity contribution in [2.24, 2.45) is 0 Å². The number of nitriles is 1. The minimum Gasteiger partial charge on any atom is -0.493 e. The van der Waals surface area contributed by atoms with E-state index in [9.17, 15) is 9.59 Å². The van der Waals surface area contributed by atoms with Crippen LogP contribution in [-0.2, 0) is 16.0 Å². The molecule has 0 aliphatic heterocycles. The average Bonchev–Trinajstić information content (AvgIpc) is 2.70. The van der Waals surface area contributed by atoms with Crippen molar-refractivity contribution in [2.75, 3.05) is 25.6 Å². The molecule has 27 heavy (non-hydrogen) atoms. The third kappa shape index (κ3) is 5.75. The standard InChI is InChI=1S/C20H21N3O4/c1-3-15-6-4-5-7-16(15)23-19(24)12-22-20(25)13-27-17-9-8-14(11-21)10-18(17)26-2/h4-10H,3,12-13H2,1-2H3,(H,22,25)(H,23,24). The van der Waals surface area contributed by atoms with Crippen molar-refractivity contribution in [1.82, 2.24) is 5.32 Å². The van der Waals surface area contributed by atoms with Crippen molar-refractivity contribution in [1.29, 1.82) is 5.26 Å². The number of nitrogens with one attached hydrogen (secondary N) is 2. The minimum atomic E-state index is -0.444. The molecule has 2 N–H and O–H groups in total. The Kier molecular flexibility index (Phi) is 7.20. The molecule has 0 saturated heterocycles. The number of amides is 2. The van der Waals surface area contributed by atoms with Crippen molar-refractivity contribution in [2.45, 2.75) is 13.3 Å². The van der Waals surface area contributed by atoms with Gasteiger partial charge in [-0.3, -0.25) is 9.59 Å². The van der Waals surface area contributed by atoms with Gasteiger partial charge in [0.25, 0.3) is 5.91 Å². The molecule has 0 unspecified atom stereocenters. The fraction of sp³-hybridized carbons (Fsp3) is 0.250.